The standard InChI is InChI=1S/C14H32N4O2S/c1-5-8-17-10-12-18(13-11-17)21(19,20)16(4)9-6-7-15-14(2)3/h14-15H,5-13H2,1-4H3. The predicted octanol–water partition coefficient (Wildman–Crippen LogP) is 0.579. The first-order valence-corrected chi connectivity index (χ1v) is 9.44. The topological polar surface area (TPSA) is 55.9 Å². The van der Waals surface area contributed by atoms with Crippen LogP contribution in [0.2, 0.25) is 0 Å². The molecule has 1 aliphatic rings. The highest BCUT2D eigenvalue weighted by Crippen LogP contribution is 2.11. The van der Waals surface area contributed by atoms with Gasteiger partial charge >= 0.3 is 0 Å². The maximum atomic E-state index is 12.5. The first-order chi connectivity index (χ1) is 9.87. The fourth-order valence-corrected chi connectivity index (χ4v) is 3.88. The predicted molar refractivity (Wildman–Crippen MR) is 87.6 cm³/mol. The summed E-state index contributed by atoms with van der Waals surface area (Å²) >= 11 is 0. The highest BCUT2D eigenvalue weighted by Gasteiger charge is 2.29. The van der Waals surface area contributed by atoms with E-state index in [0.29, 0.717) is 25.7 Å². The van der Waals surface area contributed by atoms with E-state index < -0.39 is 10.2 Å². The van der Waals surface area contributed by atoms with Gasteiger partial charge in [-0.15, -0.1) is 0 Å². The molecule has 1 heterocycles. The fourth-order valence-electron chi connectivity index (χ4n) is 2.51. The molecule has 1 aliphatic heterocycles. The van der Waals surface area contributed by atoms with Crippen LogP contribution in [0.25, 0.3) is 0 Å². The Morgan fingerprint density at radius 1 is 1.19 bits per heavy atom. The summed E-state index contributed by atoms with van der Waals surface area (Å²) in [5.41, 5.74) is 0. The van der Waals surface area contributed by atoms with Crippen molar-refractivity contribution in [3.05, 3.63) is 0 Å². The lowest BCUT2D eigenvalue weighted by Gasteiger charge is -2.35. The largest absolute Gasteiger partial charge is 0.314 e. The Balaban J connectivity index is 2.38. The third-order valence-corrected chi connectivity index (χ3v) is 5.78. The van der Waals surface area contributed by atoms with E-state index in [0.717, 1.165) is 39.0 Å². The van der Waals surface area contributed by atoms with Gasteiger partial charge in [-0.2, -0.15) is 17.0 Å². The van der Waals surface area contributed by atoms with Gasteiger partial charge in [-0.3, -0.25) is 0 Å². The summed E-state index contributed by atoms with van der Waals surface area (Å²) in [5, 5.41) is 3.31. The molecule has 0 spiro atoms. The molecule has 1 N–H and O–H groups in total. The molecule has 0 saturated carbocycles. The molecule has 1 rings (SSSR count). The number of hydrogen-bond donors (Lipinski definition) is 1. The van der Waals surface area contributed by atoms with Crippen molar-refractivity contribution in [3.8, 4) is 0 Å². The van der Waals surface area contributed by atoms with Crippen molar-refractivity contribution in [1.82, 2.24) is 18.8 Å². The van der Waals surface area contributed by atoms with E-state index in [-0.39, 0.29) is 0 Å². The lowest BCUT2D eigenvalue weighted by atomic mass is 10.3. The van der Waals surface area contributed by atoms with Gasteiger partial charge in [0.2, 0.25) is 0 Å². The van der Waals surface area contributed by atoms with Crippen LogP contribution in [0.4, 0.5) is 0 Å². The number of rotatable bonds is 9. The summed E-state index contributed by atoms with van der Waals surface area (Å²) in [7, 11) is -1.61. The van der Waals surface area contributed by atoms with E-state index >= 15 is 0 Å². The number of nitrogens with one attached hydrogen (secondary N) is 1. The molecule has 0 bridgehead atoms. The van der Waals surface area contributed by atoms with Crippen LogP contribution in [0.5, 0.6) is 0 Å². The van der Waals surface area contributed by atoms with Crippen molar-refractivity contribution < 1.29 is 8.42 Å². The van der Waals surface area contributed by atoms with E-state index in [2.05, 4.69) is 31.0 Å². The second-order valence-corrected chi connectivity index (χ2v) is 8.07. The zero-order chi connectivity index (χ0) is 15.9. The average molecular weight is 321 g/mol. The maximum Gasteiger partial charge on any atom is 0.281 e. The van der Waals surface area contributed by atoms with Gasteiger partial charge in [0.05, 0.1) is 0 Å². The Kier molecular flexibility index (Phi) is 8.12. The van der Waals surface area contributed by atoms with Crippen LogP contribution in [0.3, 0.4) is 0 Å². The van der Waals surface area contributed by atoms with Crippen molar-refractivity contribution >= 4 is 10.2 Å². The normalized spacial score (nSPS) is 18.8. The highest BCUT2D eigenvalue weighted by molar-refractivity contribution is 7.86. The molecule has 0 unspecified atom stereocenters. The Labute approximate surface area is 130 Å². The van der Waals surface area contributed by atoms with Crippen molar-refractivity contribution in [2.75, 3.05) is 52.9 Å². The van der Waals surface area contributed by atoms with Gasteiger partial charge in [0, 0.05) is 45.8 Å². The van der Waals surface area contributed by atoms with Crippen molar-refractivity contribution in [2.45, 2.75) is 39.7 Å². The number of piperazine rings is 1. The summed E-state index contributed by atoms with van der Waals surface area (Å²) in [6.45, 7) is 11.7. The van der Waals surface area contributed by atoms with E-state index in [1.165, 1.54) is 4.31 Å². The molecular formula is C14H32N4O2S. The van der Waals surface area contributed by atoms with Crippen LogP contribution in [-0.2, 0) is 10.2 Å². The van der Waals surface area contributed by atoms with Crippen molar-refractivity contribution in [3.63, 3.8) is 0 Å². The van der Waals surface area contributed by atoms with E-state index in [1.54, 1.807) is 11.4 Å². The molecule has 126 valence electrons. The molecule has 0 aliphatic carbocycles. The maximum absolute atomic E-state index is 12.5. The van der Waals surface area contributed by atoms with Crippen molar-refractivity contribution in [2.24, 2.45) is 0 Å². The van der Waals surface area contributed by atoms with Gasteiger partial charge in [0.1, 0.15) is 0 Å². The van der Waals surface area contributed by atoms with Gasteiger partial charge in [0.15, 0.2) is 0 Å². The minimum absolute atomic E-state index is 0.443. The molecular weight excluding hydrogens is 288 g/mol. The molecule has 0 radical (unpaired) electrons. The van der Waals surface area contributed by atoms with E-state index in [9.17, 15) is 8.42 Å². The second-order valence-electron chi connectivity index (χ2n) is 6.03. The Morgan fingerprint density at radius 3 is 2.33 bits per heavy atom. The summed E-state index contributed by atoms with van der Waals surface area (Å²) in [6, 6.07) is 0.443. The minimum Gasteiger partial charge on any atom is -0.314 e. The van der Waals surface area contributed by atoms with Crippen molar-refractivity contribution in [1.29, 1.82) is 0 Å². The Morgan fingerprint density at radius 2 is 1.81 bits per heavy atom. The third-order valence-electron chi connectivity index (χ3n) is 3.79. The quantitative estimate of drug-likeness (QED) is 0.632. The Hall–Kier alpha value is -0.210. The lowest BCUT2D eigenvalue weighted by molar-refractivity contribution is 0.183. The van der Waals surface area contributed by atoms with Crippen LogP contribution in [0.15, 0.2) is 0 Å². The average Bonchev–Trinajstić information content (AvgIpc) is 2.44. The molecule has 7 heteroatoms. The molecule has 0 aromatic carbocycles. The monoisotopic (exact) mass is 320 g/mol. The highest BCUT2D eigenvalue weighted by atomic mass is 32.2. The van der Waals surface area contributed by atoms with E-state index in [4.69, 9.17) is 0 Å². The van der Waals surface area contributed by atoms with Gasteiger partial charge in [-0.1, -0.05) is 20.8 Å². The Bertz CT molecular complexity index is 378. The molecule has 0 aromatic rings. The smallest absolute Gasteiger partial charge is 0.281 e. The van der Waals surface area contributed by atoms with E-state index in [1.807, 2.05) is 0 Å². The van der Waals surface area contributed by atoms with Gasteiger partial charge in [-0.05, 0) is 25.9 Å². The van der Waals surface area contributed by atoms with Gasteiger partial charge in [-0.25, -0.2) is 0 Å². The summed E-state index contributed by atoms with van der Waals surface area (Å²) in [5.74, 6) is 0. The number of nitrogens with zero attached hydrogens (tertiary/aromatic N) is 3. The number of hydrogen-bond acceptors (Lipinski definition) is 4. The summed E-state index contributed by atoms with van der Waals surface area (Å²) in [4.78, 5) is 2.33. The summed E-state index contributed by atoms with van der Waals surface area (Å²) < 4.78 is 28.1. The SMILES string of the molecule is CCCN1CCN(S(=O)(=O)N(C)CCCNC(C)C)CC1. The van der Waals surface area contributed by atoms with Crippen LogP contribution >= 0.6 is 0 Å². The minimum atomic E-state index is -3.29. The fraction of sp³-hybridized carbons (Fsp3) is 1.00. The van der Waals surface area contributed by atoms with Crippen LogP contribution in [0.1, 0.15) is 33.6 Å². The molecule has 0 aromatic heterocycles. The van der Waals surface area contributed by atoms with Crippen LogP contribution < -0.4 is 5.32 Å². The first kappa shape index (κ1) is 18.8. The third kappa shape index (κ3) is 6.20. The molecule has 6 nitrogen and oxygen atoms in total. The van der Waals surface area contributed by atoms with Gasteiger partial charge < -0.3 is 10.2 Å². The summed E-state index contributed by atoms with van der Waals surface area (Å²) in [6.07, 6.45) is 1.96. The molecule has 1 fully saturated rings. The lowest BCUT2D eigenvalue weighted by Crippen LogP contribution is -2.52. The van der Waals surface area contributed by atoms with Crippen LogP contribution in [-0.4, -0.2) is 80.8 Å². The van der Waals surface area contributed by atoms with Crippen LogP contribution in [0, 0.1) is 0 Å². The first-order valence-electron chi connectivity index (χ1n) is 8.05. The zero-order valence-corrected chi connectivity index (χ0v) is 14.8. The van der Waals surface area contributed by atoms with Gasteiger partial charge in [0.25, 0.3) is 10.2 Å². The molecule has 0 amide bonds. The molecule has 0 atom stereocenters. The second kappa shape index (κ2) is 9.05. The molecule has 1 saturated heterocycles. The zero-order valence-electron chi connectivity index (χ0n) is 14.0. The molecule has 21 heavy (non-hydrogen) atoms.